The zero-order chi connectivity index (χ0) is 8.97. The number of pyridine rings is 1. The van der Waals surface area contributed by atoms with Gasteiger partial charge in [0, 0.05) is 17.8 Å². The highest BCUT2D eigenvalue weighted by atomic mass is 19.1. The quantitative estimate of drug-likeness (QED) is 0.740. The van der Waals surface area contributed by atoms with Crippen molar-refractivity contribution in [1.82, 2.24) is 4.98 Å². The van der Waals surface area contributed by atoms with Crippen LogP contribution in [0.15, 0.2) is 18.3 Å². The molecule has 1 aromatic rings. The first kappa shape index (κ1) is 8.93. The molecule has 0 saturated carbocycles. The van der Waals surface area contributed by atoms with Crippen LogP contribution in [0.5, 0.6) is 5.88 Å². The van der Waals surface area contributed by atoms with E-state index in [1.165, 1.54) is 13.3 Å². The van der Waals surface area contributed by atoms with Gasteiger partial charge in [-0.15, -0.1) is 0 Å². The van der Waals surface area contributed by atoms with Crippen LogP contribution in [-0.4, -0.2) is 23.9 Å². The van der Waals surface area contributed by atoms with Crippen molar-refractivity contribution in [2.75, 3.05) is 13.8 Å². The van der Waals surface area contributed by atoms with E-state index < -0.39 is 12.8 Å². The maximum Gasteiger partial charge on any atom is 0.212 e. The van der Waals surface area contributed by atoms with Gasteiger partial charge in [0.05, 0.1) is 7.11 Å². The van der Waals surface area contributed by atoms with Crippen molar-refractivity contribution in [3.05, 3.63) is 23.9 Å². The molecule has 12 heavy (non-hydrogen) atoms. The van der Waals surface area contributed by atoms with E-state index >= 15 is 0 Å². The topological polar surface area (TPSA) is 42.4 Å². The van der Waals surface area contributed by atoms with Gasteiger partial charge in [-0.3, -0.25) is 0 Å². The number of rotatable bonds is 3. The van der Waals surface area contributed by atoms with Crippen LogP contribution < -0.4 is 4.74 Å². The average molecular weight is 171 g/mol. The monoisotopic (exact) mass is 171 g/mol. The molecule has 3 nitrogen and oxygen atoms in total. The molecule has 0 aliphatic rings. The highest BCUT2D eigenvalue weighted by molar-refractivity contribution is 5.19. The van der Waals surface area contributed by atoms with E-state index in [0.717, 1.165) is 0 Å². The van der Waals surface area contributed by atoms with Gasteiger partial charge in [-0.1, -0.05) is 0 Å². The number of halogens is 1. The highest BCUT2D eigenvalue weighted by Crippen LogP contribution is 2.14. The summed E-state index contributed by atoms with van der Waals surface area (Å²) >= 11 is 0. The predicted octanol–water partition coefficient (Wildman–Crippen LogP) is 1.09. The molecule has 0 spiro atoms. The lowest BCUT2D eigenvalue weighted by molar-refractivity contribution is 0.141. The van der Waals surface area contributed by atoms with Crippen LogP contribution in [0.3, 0.4) is 0 Å². The number of aliphatic hydroxyl groups excluding tert-OH is 1. The summed E-state index contributed by atoms with van der Waals surface area (Å²) in [6.45, 7) is -0.798. The molecule has 0 aliphatic heterocycles. The van der Waals surface area contributed by atoms with Crippen LogP contribution in [0.2, 0.25) is 0 Å². The molecule has 1 rings (SSSR count). The van der Waals surface area contributed by atoms with E-state index in [1.807, 2.05) is 0 Å². The molecular formula is C8H10FNO2. The first-order valence-electron chi connectivity index (χ1n) is 3.52. The predicted molar refractivity (Wildman–Crippen MR) is 41.7 cm³/mol. The number of hydrogen-bond donors (Lipinski definition) is 1. The van der Waals surface area contributed by atoms with Crippen molar-refractivity contribution < 1.29 is 14.2 Å². The third kappa shape index (κ3) is 1.92. The van der Waals surface area contributed by atoms with E-state index in [1.54, 1.807) is 12.1 Å². The lowest BCUT2D eigenvalue weighted by atomic mass is 10.2. The number of aromatic nitrogens is 1. The van der Waals surface area contributed by atoms with Gasteiger partial charge < -0.3 is 9.84 Å². The Morgan fingerprint density at radius 2 is 2.42 bits per heavy atom. The van der Waals surface area contributed by atoms with E-state index in [2.05, 4.69) is 4.98 Å². The zero-order valence-electron chi connectivity index (χ0n) is 6.70. The van der Waals surface area contributed by atoms with Crippen molar-refractivity contribution in [1.29, 1.82) is 0 Å². The summed E-state index contributed by atoms with van der Waals surface area (Å²) in [7, 11) is 1.49. The molecule has 0 amide bonds. The first-order chi connectivity index (χ1) is 5.77. The minimum absolute atomic E-state index is 0.449. The number of alkyl halides is 1. The van der Waals surface area contributed by atoms with Crippen LogP contribution in [0.25, 0.3) is 0 Å². The summed E-state index contributed by atoms with van der Waals surface area (Å²) in [6.07, 6.45) is 0.312. The van der Waals surface area contributed by atoms with Gasteiger partial charge in [-0.25, -0.2) is 9.37 Å². The van der Waals surface area contributed by atoms with Gasteiger partial charge in [0.2, 0.25) is 5.88 Å². The SMILES string of the molecule is COc1ccc(C(O)CF)cn1. The van der Waals surface area contributed by atoms with Crippen LogP contribution in [0, 0.1) is 0 Å². The van der Waals surface area contributed by atoms with Gasteiger partial charge in [-0.05, 0) is 6.07 Å². The molecule has 1 atom stereocenters. The van der Waals surface area contributed by atoms with Crippen LogP contribution >= 0.6 is 0 Å². The average Bonchev–Trinajstić information content (AvgIpc) is 2.17. The summed E-state index contributed by atoms with van der Waals surface area (Å²) in [6, 6.07) is 3.16. The molecule has 66 valence electrons. The van der Waals surface area contributed by atoms with Gasteiger partial charge >= 0.3 is 0 Å². The van der Waals surface area contributed by atoms with Crippen LogP contribution in [0.1, 0.15) is 11.7 Å². The number of nitrogens with zero attached hydrogens (tertiary/aromatic N) is 1. The second kappa shape index (κ2) is 4.01. The van der Waals surface area contributed by atoms with Crippen molar-refractivity contribution >= 4 is 0 Å². The maximum atomic E-state index is 11.9. The number of aliphatic hydroxyl groups is 1. The maximum absolute atomic E-state index is 11.9. The van der Waals surface area contributed by atoms with Gasteiger partial charge in [-0.2, -0.15) is 0 Å². The molecule has 1 N–H and O–H groups in total. The van der Waals surface area contributed by atoms with Gasteiger partial charge in [0.25, 0.3) is 0 Å². The van der Waals surface area contributed by atoms with E-state index in [0.29, 0.717) is 11.4 Å². The van der Waals surface area contributed by atoms with E-state index in [4.69, 9.17) is 9.84 Å². The Bertz CT molecular complexity index is 237. The molecular weight excluding hydrogens is 161 g/mol. The van der Waals surface area contributed by atoms with Crippen LogP contribution in [-0.2, 0) is 0 Å². The second-order valence-corrected chi connectivity index (χ2v) is 2.30. The highest BCUT2D eigenvalue weighted by Gasteiger charge is 2.06. The smallest absolute Gasteiger partial charge is 0.212 e. The van der Waals surface area contributed by atoms with Crippen LogP contribution in [0.4, 0.5) is 4.39 Å². The summed E-state index contributed by atoms with van der Waals surface area (Å²) in [5.74, 6) is 0.449. The zero-order valence-corrected chi connectivity index (χ0v) is 6.70. The van der Waals surface area contributed by atoms with E-state index in [-0.39, 0.29) is 0 Å². The second-order valence-electron chi connectivity index (χ2n) is 2.30. The molecule has 0 radical (unpaired) electrons. The lowest BCUT2D eigenvalue weighted by Gasteiger charge is -2.05. The largest absolute Gasteiger partial charge is 0.481 e. The molecule has 1 aromatic heterocycles. The number of methoxy groups -OCH3 is 1. The molecule has 1 heterocycles. The third-order valence-corrected chi connectivity index (χ3v) is 1.50. The van der Waals surface area contributed by atoms with Crippen molar-refractivity contribution in [3.63, 3.8) is 0 Å². The fraction of sp³-hybridized carbons (Fsp3) is 0.375. The standard InChI is InChI=1S/C8H10FNO2/c1-12-8-3-2-6(5-10-8)7(11)4-9/h2-3,5,7,11H,4H2,1H3. The summed E-state index contributed by atoms with van der Waals surface area (Å²) in [5, 5.41) is 9.04. The summed E-state index contributed by atoms with van der Waals surface area (Å²) in [5.41, 5.74) is 0.457. The number of ether oxygens (including phenoxy) is 1. The fourth-order valence-electron chi connectivity index (χ4n) is 0.799. The summed E-state index contributed by atoms with van der Waals surface area (Å²) in [4.78, 5) is 3.82. The molecule has 4 heteroatoms. The Balaban J connectivity index is 2.77. The fourth-order valence-corrected chi connectivity index (χ4v) is 0.799. The third-order valence-electron chi connectivity index (χ3n) is 1.50. The Labute approximate surface area is 69.8 Å². The molecule has 0 bridgehead atoms. The van der Waals surface area contributed by atoms with Gasteiger partial charge in [0.1, 0.15) is 12.8 Å². The Kier molecular flexibility index (Phi) is 2.99. The lowest BCUT2D eigenvalue weighted by Crippen LogP contribution is -1.99. The molecule has 0 aliphatic carbocycles. The van der Waals surface area contributed by atoms with Gasteiger partial charge in [0.15, 0.2) is 0 Å². The normalized spacial score (nSPS) is 12.6. The minimum atomic E-state index is -1.08. The number of hydrogen-bond acceptors (Lipinski definition) is 3. The Hall–Kier alpha value is -1.16. The van der Waals surface area contributed by atoms with Crippen molar-refractivity contribution in [2.45, 2.75) is 6.10 Å². The first-order valence-corrected chi connectivity index (χ1v) is 3.52. The Morgan fingerprint density at radius 1 is 1.67 bits per heavy atom. The van der Waals surface area contributed by atoms with Crippen molar-refractivity contribution in [2.24, 2.45) is 0 Å². The Morgan fingerprint density at radius 3 is 2.83 bits per heavy atom. The molecule has 1 unspecified atom stereocenters. The minimum Gasteiger partial charge on any atom is -0.481 e. The van der Waals surface area contributed by atoms with E-state index in [9.17, 15) is 4.39 Å². The molecule has 0 aromatic carbocycles. The summed E-state index contributed by atoms with van der Waals surface area (Å²) < 4.78 is 16.7. The molecule has 0 fully saturated rings. The molecule has 0 saturated heterocycles. The van der Waals surface area contributed by atoms with Crippen molar-refractivity contribution in [3.8, 4) is 5.88 Å².